The Morgan fingerprint density at radius 1 is 1.16 bits per heavy atom. The van der Waals surface area contributed by atoms with Crippen LogP contribution >= 0.6 is 0 Å². The molecule has 0 aromatic heterocycles. The summed E-state index contributed by atoms with van der Waals surface area (Å²) in [7, 11) is 0. The Balaban J connectivity index is 2.08. The first-order chi connectivity index (χ1) is 12.0. The monoisotopic (exact) mass is 342 g/mol. The lowest BCUT2D eigenvalue weighted by molar-refractivity contribution is -0.138. The van der Waals surface area contributed by atoms with E-state index >= 15 is 0 Å². The second-order valence-electron chi connectivity index (χ2n) is 6.77. The third-order valence-electron chi connectivity index (χ3n) is 4.26. The van der Waals surface area contributed by atoms with Crippen molar-refractivity contribution >= 4 is 11.8 Å². The molecule has 1 atom stereocenters. The molecule has 0 saturated carbocycles. The molecule has 6 heteroatoms. The standard InChI is InChI=1S/C19H26N4O2/c1-15(2)14-17(24)21-18(16-6-4-3-5-7-16)19(25)23-12-10-22(9-8-20)11-13-23/h3-7,15,18H,9-14H2,1-2H3,(H,21,24). The van der Waals surface area contributed by atoms with Gasteiger partial charge in [-0.05, 0) is 11.5 Å². The summed E-state index contributed by atoms with van der Waals surface area (Å²) in [6.07, 6.45) is 0.395. The molecule has 2 amide bonds. The Morgan fingerprint density at radius 2 is 1.80 bits per heavy atom. The topological polar surface area (TPSA) is 76.4 Å². The largest absolute Gasteiger partial charge is 0.341 e. The van der Waals surface area contributed by atoms with Gasteiger partial charge in [0.05, 0.1) is 12.6 Å². The van der Waals surface area contributed by atoms with Crippen molar-refractivity contribution in [2.24, 2.45) is 5.92 Å². The van der Waals surface area contributed by atoms with Gasteiger partial charge < -0.3 is 10.2 Å². The zero-order valence-corrected chi connectivity index (χ0v) is 14.9. The van der Waals surface area contributed by atoms with Crippen molar-refractivity contribution < 1.29 is 9.59 Å². The van der Waals surface area contributed by atoms with Crippen LogP contribution in [0.2, 0.25) is 0 Å². The van der Waals surface area contributed by atoms with E-state index < -0.39 is 6.04 Å². The summed E-state index contributed by atoms with van der Waals surface area (Å²) in [5.74, 6) is 0.0429. The van der Waals surface area contributed by atoms with Gasteiger partial charge in [-0.3, -0.25) is 14.5 Å². The van der Waals surface area contributed by atoms with Gasteiger partial charge in [0.1, 0.15) is 6.04 Å². The summed E-state index contributed by atoms with van der Waals surface area (Å²) in [5, 5.41) is 11.7. The summed E-state index contributed by atoms with van der Waals surface area (Å²) >= 11 is 0. The molecule has 1 unspecified atom stereocenters. The number of benzene rings is 1. The van der Waals surface area contributed by atoms with Crippen LogP contribution in [0.1, 0.15) is 31.9 Å². The van der Waals surface area contributed by atoms with Crippen molar-refractivity contribution in [3.63, 3.8) is 0 Å². The average Bonchev–Trinajstić information content (AvgIpc) is 2.60. The van der Waals surface area contributed by atoms with Crippen LogP contribution in [-0.2, 0) is 9.59 Å². The molecule has 0 radical (unpaired) electrons. The van der Waals surface area contributed by atoms with E-state index in [0.29, 0.717) is 39.1 Å². The molecular formula is C19H26N4O2. The number of nitriles is 1. The van der Waals surface area contributed by atoms with Crippen molar-refractivity contribution in [1.82, 2.24) is 15.1 Å². The second-order valence-corrected chi connectivity index (χ2v) is 6.77. The maximum atomic E-state index is 13.0. The lowest BCUT2D eigenvalue weighted by Crippen LogP contribution is -2.52. The molecule has 25 heavy (non-hydrogen) atoms. The first-order valence-electron chi connectivity index (χ1n) is 8.73. The summed E-state index contributed by atoms with van der Waals surface area (Å²) in [6, 6.07) is 10.8. The Hall–Kier alpha value is -2.39. The quantitative estimate of drug-likeness (QED) is 0.796. The SMILES string of the molecule is CC(C)CC(=O)NC(C(=O)N1CCN(CC#N)CC1)c1ccccc1. The molecule has 1 N–H and O–H groups in total. The molecule has 1 heterocycles. The van der Waals surface area contributed by atoms with Crippen molar-refractivity contribution in [3.8, 4) is 6.07 Å². The fraction of sp³-hybridized carbons (Fsp3) is 0.526. The first-order valence-corrected chi connectivity index (χ1v) is 8.73. The number of carbonyl (C=O) groups excluding carboxylic acids is 2. The zero-order chi connectivity index (χ0) is 18.2. The van der Waals surface area contributed by atoms with Gasteiger partial charge in [0.15, 0.2) is 0 Å². The van der Waals surface area contributed by atoms with Crippen molar-refractivity contribution in [2.45, 2.75) is 26.3 Å². The number of amides is 2. The van der Waals surface area contributed by atoms with Crippen molar-refractivity contribution in [1.29, 1.82) is 5.26 Å². The summed E-state index contributed by atoms with van der Waals surface area (Å²) in [4.78, 5) is 29.1. The summed E-state index contributed by atoms with van der Waals surface area (Å²) in [6.45, 7) is 6.85. The summed E-state index contributed by atoms with van der Waals surface area (Å²) in [5.41, 5.74) is 0.795. The van der Waals surface area contributed by atoms with E-state index in [1.807, 2.05) is 49.1 Å². The van der Waals surface area contributed by atoms with Crippen LogP contribution in [0, 0.1) is 17.2 Å². The molecule has 1 aliphatic heterocycles. The highest BCUT2D eigenvalue weighted by Gasteiger charge is 2.29. The minimum atomic E-state index is -0.657. The molecular weight excluding hydrogens is 316 g/mol. The fourth-order valence-corrected chi connectivity index (χ4v) is 2.93. The van der Waals surface area contributed by atoms with Crippen LogP contribution < -0.4 is 5.32 Å². The van der Waals surface area contributed by atoms with Crippen LogP contribution in [0.25, 0.3) is 0 Å². The minimum Gasteiger partial charge on any atom is -0.341 e. The minimum absolute atomic E-state index is 0.0834. The van der Waals surface area contributed by atoms with E-state index in [9.17, 15) is 9.59 Å². The van der Waals surface area contributed by atoms with Gasteiger partial charge in [-0.25, -0.2) is 0 Å². The zero-order valence-electron chi connectivity index (χ0n) is 14.9. The van der Waals surface area contributed by atoms with Gasteiger partial charge in [0, 0.05) is 32.6 Å². The molecule has 134 valence electrons. The molecule has 1 saturated heterocycles. The molecule has 1 fully saturated rings. The van der Waals surface area contributed by atoms with Gasteiger partial charge in [-0.2, -0.15) is 5.26 Å². The third kappa shape index (κ3) is 5.57. The number of carbonyl (C=O) groups is 2. The number of rotatable bonds is 6. The Kier molecular flexibility index (Phi) is 6.96. The smallest absolute Gasteiger partial charge is 0.249 e. The first kappa shape index (κ1) is 18.9. The van der Waals surface area contributed by atoms with E-state index in [1.54, 1.807) is 4.90 Å². The lowest BCUT2D eigenvalue weighted by atomic mass is 10.0. The second kappa shape index (κ2) is 9.19. The van der Waals surface area contributed by atoms with Crippen LogP contribution in [0.3, 0.4) is 0 Å². The number of nitrogens with one attached hydrogen (secondary N) is 1. The van der Waals surface area contributed by atoms with Crippen LogP contribution in [0.15, 0.2) is 30.3 Å². The Morgan fingerprint density at radius 3 is 2.36 bits per heavy atom. The Bertz CT molecular complexity index is 616. The molecule has 0 spiro atoms. The fourth-order valence-electron chi connectivity index (χ4n) is 2.93. The number of hydrogen-bond acceptors (Lipinski definition) is 4. The van der Waals surface area contributed by atoms with Crippen LogP contribution in [0.4, 0.5) is 0 Å². The summed E-state index contributed by atoms with van der Waals surface area (Å²) < 4.78 is 0. The highest BCUT2D eigenvalue weighted by molar-refractivity contribution is 5.88. The molecule has 1 aliphatic rings. The molecule has 6 nitrogen and oxygen atoms in total. The normalized spacial score (nSPS) is 16.3. The molecule has 0 bridgehead atoms. The van der Waals surface area contributed by atoms with E-state index in [1.165, 1.54) is 0 Å². The lowest BCUT2D eigenvalue weighted by Gasteiger charge is -2.35. The van der Waals surface area contributed by atoms with E-state index in [-0.39, 0.29) is 17.7 Å². The maximum Gasteiger partial charge on any atom is 0.249 e. The van der Waals surface area contributed by atoms with Crippen LogP contribution in [-0.4, -0.2) is 54.3 Å². The number of hydrogen-bond donors (Lipinski definition) is 1. The van der Waals surface area contributed by atoms with Gasteiger partial charge in [0.2, 0.25) is 11.8 Å². The highest BCUT2D eigenvalue weighted by atomic mass is 16.2. The third-order valence-corrected chi connectivity index (χ3v) is 4.26. The van der Waals surface area contributed by atoms with Crippen molar-refractivity contribution in [3.05, 3.63) is 35.9 Å². The van der Waals surface area contributed by atoms with Crippen molar-refractivity contribution in [2.75, 3.05) is 32.7 Å². The maximum absolute atomic E-state index is 13.0. The van der Waals surface area contributed by atoms with Gasteiger partial charge >= 0.3 is 0 Å². The van der Waals surface area contributed by atoms with E-state index in [0.717, 1.165) is 5.56 Å². The van der Waals surface area contributed by atoms with Gasteiger partial charge in [0.25, 0.3) is 0 Å². The molecule has 0 aliphatic carbocycles. The molecule has 2 rings (SSSR count). The predicted octanol–water partition coefficient (Wildman–Crippen LogP) is 1.56. The number of piperazine rings is 1. The molecule has 1 aromatic rings. The predicted molar refractivity (Wildman–Crippen MR) is 95.4 cm³/mol. The number of nitrogens with zero attached hydrogens (tertiary/aromatic N) is 3. The van der Waals surface area contributed by atoms with Gasteiger partial charge in [-0.1, -0.05) is 44.2 Å². The van der Waals surface area contributed by atoms with Gasteiger partial charge in [-0.15, -0.1) is 0 Å². The molecule has 1 aromatic carbocycles. The highest BCUT2D eigenvalue weighted by Crippen LogP contribution is 2.18. The van der Waals surface area contributed by atoms with E-state index in [4.69, 9.17) is 5.26 Å². The van der Waals surface area contributed by atoms with Crippen LogP contribution in [0.5, 0.6) is 0 Å². The Labute approximate surface area is 149 Å². The average molecular weight is 342 g/mol. The van der Waals surface area contributed by atoms with E-state index in [2.05, 4.69) is 11.4 Å².